The standard InChI is InChI=1S/C13H16ClN5OS/c1-7(2)19-12(20)17-18-13(19)21-6-9-4-3-8(11(15)16)5-10(9)14/h3-5,7H,6H2,1-2H3,(H3,15,16)(H,17,20). The Morgan fingerprint density at radius 1 is 1.57 bits per heavy atom. The lowest BCUT2D eigenvalue weighted by Gasteiger charge is -2.09. The van der Waals surface area contributed by atoms with E-state index in [-0.39, 0.29) is 17.6 Å². The number of nitrogens with one attached hydrogen (secondary N) is 2. The van der Waals surface area contributed by atoms with Crippen molar-refractivity contribution in [3.8, 4) is 0 Å². The summed E-state index contributed by atoms with van der Waals surface area (Å²) in [4.78, 5) is 11.6. The second kappa shape index (κ2) is 6.36. The van der Waals surface area contributed by atoms with Crippen LogP contribution in [0, 0.1) is 5.41 Å². The van der Waals surface area contributed by atoms with E-state index in [9.17, 15) is 4.79 Å². The topological polar surface area (TPSA) is 101 Å². The number of halogens is 1. The van der Waals surface area contributed by atoms with Crippen molar-refractivity contribution in [1.82, 2.24) is 14.8 Å². The minimum Gasteiger partial charge on any atom is -0.384 e. The molecule has 0 bridgehead atoms. The number of H-pyrrole nitrogens is 1. The highest BCUT2D eigenvalue weighted by molar-refractivity contribution is 7.98. The third-order valence-electron chi connectivity index (χ3n) is 2.91. The average molecular weight is 326 g/mol. The maximum Gasteiger partial charge on any atom is 0.344 e. The molecule has 1 heterocycles. The first-order valence-electron chi connectivity index (χ1n) is 6.32. The lowest BCUT2D eigenvalue weighted by atomic mass is 10.1. The van der Waals surface area contributed by atoms with Crippen LogP contribution >= 0.6 is 23.4 Å². The summed E-state index contributed by atoms with van der Waals surface area (Å²) in [5, 5.41) is 15.0. The molecule has 0 spiro atoms. The van der Waals surface area contributed by atoms with Crippen molar-refractivity contribution in [3.05, 3.63) is 44.8 Å². The number of hydrogen-bond donors (Lipinski definition) is 3. The van der Waals surface area contributed by atoms with Crippen LogP contribution in [0.15, 0.2) is 28.2 Å². The number of aromatic nitrogens is 3. The van der Waals surface area contributed by atoms with Crippen LogP contribution in [-0.4, -0.2) is 20.6 Å². The predicted octanol–water partition coefficient (Wildman–Crippen LogP) is 2.38. The third kappa shape index (κ3) is 3.48. The van der Waals surface area contributed by atoms with Gasteiger partial charge in [-0.15, -0.1) is 5.10 Å². The monoisotopic (exact) mass is 325 g/mol. The van der Waals surface area contributed by atoms with Crippen molar-refractivity contribution in [2.45, 2.75) is 30.8 Å². The summed E-state index contributed by atoms with van der Waals surface area (Å²) in [6.07, 6.45) is 0. The van der Waals surface area contributed by atoms with Crippen molar-refractivity contribution in [2.24, 2.45) is 5.73 Å². The Hall–Kier alpha value is -1.73. The van der Waals surface area contributed by atoms with Gasteiger partial charge in [-0.05, 0) is 25.5 Å². The molecule has 0 radical (unpaired) electrons. The van der Waals surface area contributed by atoms with Gasteiger partial charge in [0, 0.05) is 22.4 Å². The molecule has 2 aromatic rings. The minimum absolute atomic E-state index is 0.0166. The van der Waals surface area contributed by atoms with E-state index >= 15 is 0 Å². The van der Waals surface area contributed by atoms with Gasteiger partial charge in [-0.3, -0.25) is 9.98 Å². The number of amidine groups is 1. The van der Waals surface area contributed by atoms with Gasteiger partial charge < -0.3 is 5.73 Å². The minimum atomic E-state index is -0.217. The highest BCUT2D eigenvalue weighted by Crippen LogP contribution is 2.26. The lowest BCUT2D eigenvalue weighted by Crippen LogP contribution is -2.19. The summed E-state index contributed by atoms with van der Waals surface area (Å²) in [6.45, 7) is 3.85. The Bertz CT molecular complexity index is 722. The fourth-order valence-electron chi connectivity index (χ4n) is 1.82. The molecule has 0 aliphatic heterocycles. The maximum absolute atomic E-state index is 11.6. The van der Waals surface area contributed by atoms with Crippen LogP contribution < -0.4 is 11.4 Å². The van der Waals surface area contributed by atoms with Gasteiger partial charge in [0.25, 0.3) is 0 Å². The summed E-state index contributed by atoms with van der Waals surface area (Å²) >= 11 is 7.61. The molecule has 0 aliphatic rings. The molecular formula is C13H16ClN5OS. The molecule has 1 aromatic heterocycles. The average Bonchev–Trinajstić information content (AvgIpc) is 2.78. The van der Waals surface area contributed by atoms with E-state index < -0.39 is 0 Å². The Morgan fingerprint density at radius 3 is 2.86 bits per heavy atom. The Labute approximate surface area is 131 Å². The van der Waals surface area contributed by atoms with Gasteiger partial charge in [-0.1, -0.05) is 35.5 Å². The van der Waals surface area contributed by atoms with Crippen molar-refractivity contribution in [3.63, 3.8) is 0 Å². The smallest absolute Gasteiger partial charge is 0.344 e. The van der Waals surface area contributed by atoms with Gasteiger partial charge in [0.05, 0.1) is 0 Å². The van der Waals surface area contributed by atoms with E-state index in [1.54, 1.807) is 16.7 Å². The molecule has 4 N–H and O–H groups in total. The number of nitrogens with two attached hydrogens (primary N) is 1. The number of nitrogen functional groups attached to an aromatic ring is 1. The van der Waals surface area contributed by atoms with Crippen molar-refractivity contribution in [2.75, 3.05) is 0 Å². The van der Waals surface area contributed by atoms with Gasteiger partial charge in [0.1, 0.15) is 5.84 Å². The molecule has 1 aromatic carbocycles. The molecule has 2 rings (SSSR count). The lowest BCUT2D eigenvalue weighted by molar-refractivity contribution is 0.534. The number of aromatic amines is 1. The molecule has 8 heteroatoms. The SMILES string of the molecule is CC(C)n1c(SCc2ccc(C(=N)N)cc2Cl)n[nH]c1=O. The Kier molecular flexibility index (Phi) is 4.74. The molecule has 0 atom stereocenters. The summed E-state index contributed by atoms with van der Waals surface area (Å²) in [6, 6.07) is 5.29. The molecule has 0 saturated heterocycles. The quantitative estimate of drug-likeness (QED) is 0.446. The van der Waals surface area contributed by atoms with E-state index in [0.717, 1.165) is 5.56 Å². The highest BCUT2D eigenvalue weighted by Gasteiger charge is 2.13. The highest BCUT2D eigenvalue weighted by atomic mass is 35.5. The predicted molar refractivity (Wildman–Crippen MR) is 85.3 cm³/mol. The normalized spacial score (nSPS) is 11.0. The third-order valence-corrected chi connectivity index (χ3v) is 4.26. The fourth-order valence-corrected chi connectivity index (χ4v) is 3.23. The van der Waals surface area contributed by atoms with Crippen molar-refractivity contribution in [1.29, 1.82) is 5.41 Å². The molecular weight excluding hydrogens is 310 g/mol. The zero-order chi connectivity index (χ0) is 15.6. The van der Waals surface area contributed by atoms with Gasteiger partial charge in [0.2, 0.25) is 0 Å². The van der Waals surface area contributed by atoms with Crippen LogP contribution in [0.25, 0.3) is 0 Å². The molecule has 0 amide bonds. The molecule has 112 valence electrons. The summed E-state index contributed by atoms with van der Waals surface area (Å²) in [7, 11) is 0. The van der Waals surface area contributed by atoms with Crippen LogP contribution in [0.3, 0.4) is 0 Å². The van der Waals surface area contributed by atoms with Crippen LogP contribution in [0.1, 0.15) is 31.0 Å². The van der Waals surface area contributed by atoms with E-state index in [1.165, 1.54) is 11.8 Å². The Balaban J connectivity index is 2.17. The van der Waals surface area contributed by atoms with Gasteiger partial charge in [-0.25, -0.2) is 9.89 Å². The number of benzene rings is 1. The van der Waals surface area contributed by atoms with Crippen LogP contribution in [0.2, 0.25) is 5.02 Å². The number of hydrogen-bond acceptors (Lipinski definition) is 4. The van der Waals surface area contributed by atoms with E-state index in [1.807, 2.05) is 19.9 Å². The number of rotatable bonds is 5. The van der Waals surface area contributed by atoms with Crippen LogP contribution in [0.4, 0.5) is 0 Å². The van der Waals surface area contributed by atoms with Crippen LogP contribution in [0.5, 0.6) is 0 Å². The first kappa shape index (κ1) is 15.7. The molecule has 21 heavy (non-hydrogen) atoms. The summed E-state index contributed by atoms with van der Waals surface area (Å²) in [5.41, 5.74) is 6.69. The number of thioether (sulfide) groups is 1. The van der Waals surface area contributed by atoms with E-state index in [0.29, 0.717) is 21.5 Å². The Morgan fingerprint density at radius 2 is 2.29 bits per heavy atom. The first-order valence-corrected chi connectivity index (χ1v) is 7.69. The largest absolute Gasteiger partial charge is 0.384 e. The summed E-state index contributed by atoms with van der Waals surface area (Å²) < 4.78 is 1.60. The molecule has 0 unspecified atom stereocenters. The van der Waals surface area contributed by atoms with Crippen LogP contribution in [-0.2, 0) is 5.75 Å². The van der Waals surface area contributed by atoms with Gasteiger partial charge >= 0.3 is 5.69 Å². The van der Waals surface area contributed by atoms with E-state index in [2.05, 4.69) is 10.2 Å². The van der Waals surface area contributed by atoms with Gasteiger partial charge in [-0.2, -0.15) is 0 Å². The summed E-state index contributed by atoms with van der Waals surface area (Å²) in [5.74, 6) is 0.561. The van der Waals surface area contributed by atoms with E-state index in [4.69, 9.17) is 22.7 Å². The van der Waals surface area contributed by atoms with Gasteiger partial charge in [0.15, 0.2) is 5.16 Å². The second-order valence-corrected chi connectivity index (χ2v) is 6.13. The fraction of sp³-hybridized carbons (Fsp3) is 0.308. The second-order valence-electron chi connectivity index (χ2n) is 4.78. The zero-order valence-electron chi connectivity index (χ0n) is 11.7. The number of nitrogens with zero attached hydrogens (tertiary/aromatic N) is 2. The molecule has 6 nitrogen and oxygen atoms in total. The zero-order valence-corrected chi connectivity index (χ0v) is 13.3. The molecule has 0 aliphatic carbocycles. The van der Waals surface area contributed by atoms with Crippen molar-refractivity contribution >= 4 is 29.2 Å². The molecule has 0 saturated carbocycles. The van der Waals surface area contributed by atoms with Crippen molar-refractivity contribution < 1.29 is 0 Å². The molecule has 0 fully saturated rings. The maximum atomic E-state index is 11.6. The first-order chi connectivity index (χ1) is 9.90.